The first-order valence-corrected chi connectivity index (χ1v) is 12.4. The highest BCUT2D eigenvalue weighted by atomic mass is 32.1. The molecule has 0 spiro atoms. The van der Waals surface area contributed by atoms with Gasteiger partial charge in [-0.05, 0) is 67.5 Å². The number of hydrogen-bond acceptors (Lipinski definition) is 7. The molecule has 5 rings (SSSR count). The van der Waals surface area contributed by atoms with Gasteiger partial charge in [-0.1, -0.05) is 53.8 Å². The molecule has 0 fully saturated rings. The van der Waals surface area contributed by atoms with E-state index in [-0.39, 0.29) is 11.0 Å². The van der Waals surface area contributed by atoms with Crippen molar-refractivity contribution in [2.75, 3.05) is 5.32 Å². The highest BCUT2D eigenvalue weighted by Crippen LogP contribution is 2.29. The topological polar surface area (TPSA) is 93.4 Å². The standard InChI is InChI=1S/C26H22N6O2S2/c1-16-8-9-20(24-31-32-17(2)29-30-26(32)36-24)14-22(16)27-25(35)28-23(33)19-10-12-21(13-11-19)34-15-18-6-4-3-5-7-18/h3-14H,15H2,1-2H3,(H2,27,28,33,35). The molecule has 3 aromatic carbocycles. The number of benzene rings is 3. The van der Waals surface area contributed by atoms with E-state index in [0.29, 0.717) is 17.9 Å². The molecule has 1 amide bonds. The Morgan fingerprint density at radius 3 is 2.56 bits per heavy atom. The first-order valence-electron chi connectivity index (χ1n) is 11.2. The Labute approximate surface area is 217 Å². The second kappa shape index (κ2) is 10.2. The Balaban J connectivity index is 1.21. The third kappa shape index (κ3) is 5.24. The molecule has 8 nitrogen and oxygen atoms in total. The summed E-state index contributed by atoms with van der Waals surface area (Å²) in [6, 6.07) is 22.8. The fraction of sp³-hybridized carbons (Fsp3) is 0.115. The van der Waals surface area contributed by atoms with E-state index in [2.05, 4.69) is 25.9 Å². The number of amides is 1. The molecule has 36 heavy (non-hydrogen) atoms. The van der Waals surface area contributed by atoms with Crippen LogP contribution in [0.4, 0.5) is 5.69 Å². The Bertz CT molecular complexity index is 1540. The van der Waals surface area contributed by atoms with Gasteiger partial charge in [-0.25, -0.2) is 0 Å². The van der Waals surface area contributed by atoms with E-state index in [1.807, 2.05) is 62.4 Å². The number of ether oxygens (including phenoxy) is 1. The molecule has 0 atom stereocenters. The van der Waals surface area contributed by atoms with Crippen LogP contribution in [0.1, 0.15) is 27.3 Å². The molecule has 2 N–H and O–H groups in total. The largest absolute Gasteiger partial charge is 0.489 e. The molecule has 0 unspecified atom stereocenters. The van der Waals surface area contributed by atoms with Gasteiger partial charge in [0.05, 0.1) is 0 Å². The Morgan fingerprint density at radius 1 is 1.03 bits per heavy atom. The normalized spacial score (nSPS) is 10.8. The van der Waals surface area contributed by atoms with Gasteiger partial charge in [-0.15, -0.1) is 10.2 Å². The van der Waals surface area contributed by atoms with Crippen molar-refractivity contribution in [2.24, 2.45) is 0 Å². The van der Waals surface area contributed by atoms with Crippen LogP contribution in [-0.4, -0.2) is 30.8 Å². The second-order valence-corrected chi connectivity index (χ2v) is 9.45. The minimum atomic E-state index is -0.306. The molecule has 180 valence electrons. The van der Waals surface area contributed by atoms with Crippen LogP contribution in [0, 0.1) is 13.8 Å². The van der Waals surface area contributed by atoms with E-state index >= 15 is 0 Å². The summed E-state index contributed by atoms with van der Waals surface area (Å²) in [6.45, 7) is 4.29. The van der Waals surface area contributed by atoms with Gasteiger partial charge in [-0.3, -0.25) is 10.1 Å². The maximum absolute atomic E-state index is 12.7. The van der Waals surface area contributed by atoms with Crippen LogP contribution in [0.2, 0.25) is 0 Å². The zero-order valence-electron chi connectivity index (χ0n) is 19.6. The van der Waals surface area contributed by atoms with Gasteiger partial charge < -0.3 is 10.1 Å². The zero-order chi connectivity index (χ0) is 25.1. The van der Waals surface area contributed by atoms with Gasteiger partial charge in [0.25, 0.3) is 5.91 Å². The maximum atomic E-state index is 12.7. The average Bonchev–Trinajstić information content (AvgIpc) is 3.47. The third-order valence-corrected chi connectivity index (χ3v) is 6.62. The summed E-state index contributed by atoms with van der Waals surface area (Å²) in [5.41, 5.74) is 4.23. The lowest BCUT2D eigenvalue weighted by molar-refractivity contribution is 0.0977. The van der Waals surface area contributed by atoms with Crippen LogP contribution in [-0.2, 0) is 6.61 Å². The van der Waals surface area contributed by atoms with Crippen LogP contribution >= 0.6 is 23.6 Å². The zero-order valence-corrected chi connectivity index (χ0v) is 21.2. The van der Waals surface area contributed by atoms with Crippen molar-refractivity contribution in [3.05, 3.63) is 95.3 Å². The van der Waals surface area contributed by atoms with Crippen molar-refractivity contribution in [2.45, 2.75) is 20.5 Å². The third-order valence-electron chi connectivity index (χ3n) is 5.47. The molecular formula is C26H22N6O2S2. The summed E-state index contributed by atoms with van der Waals surface area (Å²) in [5, 5.41) is 19.6. The summed E-state index contributed by atoms with van der Waals surface area (Å²) in [6.07, 6.45) is 0. The summed E-state index contributed by atoms with van der Waals surface area (Å²) in [7, 11) is 0. The highest BCUT2D eigenvalue weighted by Gasteiger charge is 2.13. The number of carbonyl (C=O) groups excluding carboxylic acids is 1. The first-order chi connectivity index (χ1) is 17.5. The fourth-order valence-corrected chi connectivity index (χ4v) is 4.58. The fourth-order valence-electron chi connectivity index (χ4n) is 3.49. The molecule has 10 heteroatoms. The molecule has 0 aliphatic carbocycles. The van der Waals surface area contributed by atoms with E-state index < -0.39 is 0 Å². The molecule has 0 aliphatic heterocycles. The number of carbonyl (C=O) groups is 1. The second-order valence-electron chi connectivity index (χ2n) is 8.09. The SMILES string of the molecule is Cc1ccc(-c2nn3c(C)nnc3s2)cc1NC(=S)NC(=O)c1ccc(OCc2ccccc2)cc1. The van der Waals surface area contributed by atoms with Crippen molar-refractivity contribution in [1.29, 1.82) is 0 Å². The summed E-state index contributed by atoms with van der Waals surface area (Å²) < 4.78 is 7.50. The van der Waals surface area contributed by atoms with Crippen LogP contribution < -0.4 is 15.4 Å². The number of nitrogens with zero attached hydrogens (tertiary/aromatic N) is 4. The number of aromatic nitrogens is 4. The van der Waals surface area contributed by atoms with Crippen molar-refractivity contribution in [1.82, 2.24) is 25.1 Å². The van der Waals surface area contributed by atoms with E-state index in [1.54, 1.807) is 28.8 Å². The van der Waals surface area contributed by atoms with Gasteiger partial charge in [-0.2, -0.15) is 9.61 Å². The van der Waals surface area contributed by atoms with Gasteiger partial charge >= 0.3 is 0 Å². The quantitative estimate of drug-likeness (QED) is 0.302. The van der Waals surface area contributed by atoms with Crippen molar-refractivity contribution in [3.63, 3.8) is 0 Å². The highest BCUT2D eigenvalue weighted by molar-refractivity contribution is 7.80. The van der Waals surface area contributed by atoms with Crippen LogP contribution in [0.15, 0.2) is 72.8 Å². The minimum absolute atomic E-state index is 0.207. The molecule has 5 aromatic rings. The smallest absolute Gasteiger partial charge is 0.257 e. The lowest BCUT2D eigenvalue weighted by Crippen LogP contribution is -2.34. The summed E-state index contributed by atoms with van der Waals surface area (Å²) in [5.74, 6) is 1.11. The maximum Gasteiger partial charge on any atom is 0.257 e. The molecule has 0 radical (unpaired) electrons. The van der Waals surface area contributed by atoms with Crippen LogP contribution in [0.3, 0.4) is 0 Å². The van der Waals surface area contributed by atoms with Crippen molar-refractivity contribution < 1.29 is 9.53 Å². The number of nitrogens with one attached hydrogen (secondary N) is 2. The number of aryl methyl sites for hydroxylation is 2. The van der Waals surface area contributed by atoms with E-state index in [0.717, 1.165) is 38.2 Å². The van der Waals surface area contributed by atoms with Crippen molar-refractivity contribution >= 4 is 45.2 Å². The Hall–Kier alpha value is -4.15. The summed E-state index contributed by atoms with van der Waals surface area (Å²) >= 11 is 6.86. The Morgan fingerprint density at radius 2 is 1.81 bits per heavy atom. The van der Waals surface area contributed by atoms with Gasteiger partial charge in [0, 0.05) is 16.8 Å². The van der Waals surface area contributed by atoms with E-state index in [4.69, 9.17) is 17.0 Å². The molecule has 0 saturated heterocycles. The van der Waals surface area contributed by atoms with Gasteiger partial charge in [0.15, 0.2) is 10.9 Å². The molecule has 0 saturated carbocycles. The lowest BCUT2D eigenvalue weighted by Gasteiger charge is -2.13. The molecule has 2 aromatic heterocycles. The first kappa shape index (κ1) is 23.6. The van der Waals surface area contributed by atoms with Gasteiger partial charge in [0.2, 0.25) is 4.96 Å². The molecule has 0 bridgehead atoms. The lowest BCUT2D eigenvalue weighted by atomic mass is 10.1. The Kier molecular flexibility index (Phi) is 6.70. The van der Waals surface area contributed by atoms with Crippen LogP contribution in [0.25, 0.3) is 15.5 Å². The van der Waals surface area contributed by atoms with E-state index in [9.17, 15) is 4.79 Å². The predicted molar refractivity (Wildman–Crippen MR) is 144 cm³/mol. The number of thiocarbonyl (C=S) groups is 1. The molecule has 2 heterocycles. The van der Waals surface area contributed by atoms with Gasteiger partial charge in [0.1, 0.15) is 17.4 Å². The number of hydrogen-bond donors (Lipinski definition) is 2. The van der Waals surface area contributed by atoms with Crippen molar-refractivity contribution in [3.8, 4) is 16.3 Å². The number of rotatable bonds is 6. The van der Waals surface area contributed by atoms with E-state index in [1.165, 1.54) is 11.3 Å². The molecular weight excluding hydrogens is 492 g/mol. The monoisotopic (exact) mass is 514 g/mol. The summed E-state index contributed by atoms with van der Waals surface area (Å²) in [4.78, 5) is 13.4. The predicted octanol–water partition coefficient (Wildman–Crippen LogP) is 5.18. The molecule has 0 aliphatic rings. The minimum Gasteiger partial charge on any atom is -0.489 e. The number of anilines is 1. The van der Waals surface area contributed by atoms with Crippen LogP contribution in [0.5, 0.6) is 5.75 Å². The average molecular weight is 515 g/mol. The number of fused-ring (bicyclic) bond motifs is 1.